The summed E-state index contributed by atoms with van der Waals surface area (Å²) in [5.74, 6) is 0. The minimum Gasteiger partial charge on any atom is -0.456 e. The molecule has 0 radical (unpaired) electrons. The Morgan fingerprint density at radius 1 is 0.436 bits per heavy atom. The first-order valence-corrected chi connectivity index (χ1v) is 18.8. The van der Waals surface area contributed by atoms with E-state index in [4.69, 9.17) is 9.40 Å². The first-order valence-electron chi connectivity index (χ1n) is 18.8. The number of pyridine rings is 1. The molecule has 0 amide bonds. The monoisotopic (exact) mass is 702 g/mol. The van der Waals surface area contributed by atoms with Gasteiger partial charge in [0.05, 0.1) is 16.6 Å². The summed E-state index contributed by atoms with van der Waals surface area (Å²) < 4.78 is 6.61. The van der Waals surface area contributed by atoms with E-state index in [1.807, 2.05) is 24.4 Å². The first kappa shape index (κ1) is 31.3. The van der Waals surface area contributed by atoms with Gasteiger partial charge in [0.1, 0.15) is 11.2 Å². The highest BCUT2D eigenvalue weighted by molar-refractivity contribution is 6.21. The fourth-order valence-corrected chi connectivity index (χ4v) is 9.05. The van der Waals surface area contributed by atoms with E-state index in [-0.39, 0.29) is 0 Å². The zero-order valence-corrected chi connectivity index (χ0v) is 29.9. The van der Waals surface area contributed by atoms with Crippen LogP contribution in [0.5, 0.6) is 0 Å². The number of anilines is 3. The number of aromatic nitrogens is 1. The van der Waals surface area contributed by atoms with Gasteiger partial charge in [-0.15, -0.1) is 0 Å². The third kappa shape index (κ3) is 4.73. The minimum absolute atomic E-state index is 0.531. The first-order chi connectivity index (χ1) is 27.3. The molecule has 0 bridgehead atoms. The fourth-order valence-electron chi connectivity index (χ4n) is 9.05. The van der Waals surface area contributed by atoms with Crippen molar-refractivity contribution >= 4 is 49.9 Å². The molecule has 11 rings (SSSR count). The molecular weight excluding hydrogens is 669 g/mol. The molecule has 0 saturated carbocycles. The van der Waals surface area contributed by atoms with Gasteiger partial charge < -0.3 is 9.32 Å². The van der Waals surface area contributed by atoms with Crippen molar-refractivity contribution in [3.63, 3.8) is 0 Å². The van der Waals surface area contributed by atoms with Gasteiger partial charge in [-0.25, -0.2) is 0 Å². The fraction of sp³-hybridized carbons (Fsp3) is 0.0192. The Balaban J connectivity index is 1.21. The summed E-state index contributed by atoms with van der Waals surface area (Å²) >= 11 is 0. The zero-order chi connectivity index (χ0) is 36.3. The predicted molar refractivity (Wildman–Crippen MR) is 226 cm³/mol. The van der Waals surface area contributed by atoms with Crippen LogP contribution in [0, 0.1) is 0 Å². The average molecular weight is 703 g/mol. The highest BCUT2D eigenvalue weighted by atomic mass is 16.3. The average Bonchev–Trinajstić information content (AvgIpc) is 3.79. The molecule has 258 valence electrons. The van der Waals surface area contributed by atoms with Gasteiger partial charge in [0.2, 0.25) is 0 Å². The summed E-state index contributed by atoms with van der Waals surface area (Å²) in [5.41, 5.74) is 14.9. The summed E-state index contributed by atoms with van der Waals surface area (Å²) in [7, 11) is 0. The van der Waals surface area contributed by atoms with E-state index in [1.165, 1.54) is 38.9 Å². The molecule has 0 spiro atoms. The number of fused-ring (bicyclic) bond motifs is 8. The molecule has 0 fully saturated rings. The maximum Gasteiger partial charge on any atom is 0.138 e. The van der Waals surface area contributed by atoms with Crippen molar-refractivity contribution in [2.24, 2.45) is 0 Å². The van der Waals surface area contributed by atoms with Crippen LogP contribution in [0.1, 0.15) is 22.3 Å². The number of nitrogens with zero attached hydrogens (tertiary/aromatic N) is 2. The van der Waals surface area contributed by atoms with Gasteiger partial charge >= 0.3 is 0 Å². The van der Waals surface area contributed by atoms with Crippen LogP contribution in [0.2, 0.25) is 0 Å². The lowest BCUT2D eigenvalue weighted by Crippen LogP contribution is -2.28. The lowest BCUT2D eigenvalue weighted by atomic mass is 9.67. The van der Waals surface area contributed by atoms with E-state index >= 15 is 0 Å². The Bertz CT molecular complexity index is 2980. The molecule has 10 aromatic rings. The van der Waals surface area contributed by atoms with Gasteiger partial charge in [0.25, 0.3) is 0 Å². The standard InChI is InChI=1S/C52H34N2O/c1-4-15-35(16-5-1)36-26-28-39(29-27-36)54(47-34-49-50(44-23-14-32-53-51(44)47)43-22-11-13-25-48(43)55-49)40-30-31-42-41-21-10-12-24-45(41)52(46(42)33-40,37-17-6-2-7-18-37)38-19-8-3-9-20-38/h1-34H. The van der Waals surface area contributed by atoms with Crippen molar-refractivity contribution in [2.45, 2.75) is 5.41 Å². The number of hydrogen-bond donors (Lipinski definition) is 0. The lowest BCUT2D eigenvalue weighted by Gasteiger charge is -2.35. The van der Waals surface area contributed by atoms with E-state index in [1.54, 1.807) is 0 Å². The van der Waals surface area contributed by atoms with Gasteiger partial charge in [-0.2, -0.15) is 0 Å². The molecule has 8 aromatic carbocycles. The van der Waals surface area contributed by atoms with Gasteiger partial charge in [0, 0.05) is 39.8 Å². The third-order valence-electron chi connectivity index (χ3n) is 11.4. The van der Waals surface area contributed by atoms with Crippen molar-refractivity contribution in [1.82, 2.24) is 4.98 Å². The normalized spacial score (nSPS) is 12.9. The number of hydrogen-bond acceptors (Lipinski definition) is 3. The molecule has 0 unspecified atom stereocenters. The maximum absolute atomic E-state index is 6.61. The topological polar surface area (TPSA) is 29.3 Å². The van der Waals surface area contributed by atoms with Crippen LogP contribution < -0.4 is 4.90 Å². The predicted octanol–water partition coefficient (Wildman–Crippen LogP) is 13.6. The summed E-state index contributed by atoms with van der Waals surface area (Å²) in [6.07, 6.45) is 1.89. The molecule has 0 saturated heterocycles. The molecule has 3 heteroatoms. The molecule has 0 aliphatic heterocycles. The SMILES string of the molecule is c1ccc(-c2ccc(N(c3ccc4c(c3)C(c3ccccc3)(c3ccccc3)c3ccccc3-4)c3cc4oc5ccccc5c4c4cccnc34)cc2)cc1. The van der Waals surface area contributed by atoms with Crippen LogP contribution >= 0.6 is 0 Å². The second-order valence-corrected chi connectivity index (χ2v) is 14.3. The second-order valence-electron chi connectivity index (χ2n) is 14.3. The van der Waals surface area contributed by atoms with Crippen molar-refractivity contribution < 1.29 is 4.42 Å². The Kier molecular flexibility index (Phi) is 7.08. The van der Waals surface area contributed by atoms with Crippen LogP contribution in [0.3, 0.4) is 0 Å². The van der Waals surface area contributed by atoms with Crippen molar-refractivity contribution in [3.8, 4) is 22.3 Å². The molecule has 0 N–H and O–H groups in total. The van der Waals surface area contributed by atoms with Crippen molar-refractivity contribution in [1.29, 1.82) is 0 Å². The summed E-state index contributed by atoms with van der Waals surface area (Å²) in [6.45, 7) is 0. The van der Waals surface area contributed by atoms with E-state index in [0.717, 1.165) is 55.5 Å². The Morgan fingerprint density at radius 2 is 1.04 bits per heavy atom. The molecule has 55 heavy (non-hydrogen) atoms. The molecule has 1 aliphatic rings. The molecule has 2 heterocycles. The smallest absolute Gasteiger partial charge is 0.138 e. The second kappa shape index (κ2) is 12.4. The molecule has 2 aromatic heterocycles. The number of para-hydroxylation sites is 1. The van der Waals surface area contributed by atoms with Crippen LogP contribution in [-0.2, 0) is 5.41 Å². The minimum atomic E-state index is -0.531. The number of rotatable bonds is 6. The zero-order valence-electron chi connectivity index (χ0n) is 29.9. The maximum atomic E-state index is 6.61. The quantitative estimate of drug-likeness (QED) is 0.173. The van der Waals surface area contributed by atoms with E-state index in [0.29, 0.717) is 0 Å². The number of furan rings is 1. The van der Waals surface area contributed by atoms with Crippen LogP contribution in [0.25, 0.3) is 55.1 Å². The van der Waals surface area contributed by atoms with E-state index in [9.17, 15) is 0 Å². The Morgan fingerprint density at radius 3 is 1.80 bits per heavy atom. The molecular formula is C52H34N2O. The van der Waals surface area contributed by atoms with Gasteiger partial charge in [-0.3, -0.25) is 4.98 Å². The van der Waals surface area contributed by atoms with Crippen molar-refractivity contribution in [3.05, 3.63) is 229 Å². The van der Waals surface area contributed by atoms with Crippen LogP contribution in [0.15, 0.2) is 211 Å². The molecule has 1 aliphatic carbocycles. The highest BCUT2D eigenvalue weighted by Crippen LogP contribution is 2.57. The van der Waals surface area contributed by atoms with Gasteiger partial charge in [-0.05, 0) is 80.9 Å². The summed E-state index contributed by atoms with van der Waals surface area (Å²) in [5, 5.41) is 3.23. The van der Waals surface area contributed by atoms with Gasteiger partial charge in [0.15, 0.2) is 0 Å². The summed E-state index contributed by atoms with van der Waals surface area (Å²) in [6, 6.07) is 71.9. The largest absolute Gasteiger partial charge is 0.456 e. The summed E-state index contributed by atoms with van der Waals surface area (Å²) in [4.78, 5) is 7.46. The highest BCUT2D eigenvalue weighted by Gasteiger charge is 2.46. The van der Waals surface area contributed by atoms with Crippen molar-refractivity contribution in [2.75, 3.05) is 4.90 Å². The molecule has 3 nitrogen and oxygen atoms in total. The molecule has 0 atom stereocenters. The third-order valence-corrected chi connectivity index (χ3v) is 11.4. The van der Waals surface area contributed by atoms with Gasteiger partial charge in [-0.1, -0.05) is 158 Å². The number of benzene rings is 8. The van der Waals surface area contributed by atoms with Crippen LogP contribution in [-0.4, -0.2) is 4.98 Å². The Labute approximate surface area is 319 Å². The van der Waals surface area contributed by atoms with E-state index < -0.39 is 5.41 Å². The van der Waals surface area contributed by atoms with Crippen LogP contribution in [0.4, 0.5) is 17.1 Å². The van der Waals surface area contributed by atoms with E-state index in [2.05, 4.69) is 187 Å². The lowest BCUT2D eigenvalue weighted by molar-refractivity contribution is 0.669. The Hall–Kier alpha value is -7.23.